The first-order valence-electron chi connectivity index (χ1n) is 47.8. The zero-order valence-electron chi connectivity index (χ0n) is 79.9. The van der Waals surface area contributed by atoms with Gasteiger partial charge in [0.15, 0.2) is 28.9 Å². The number of unbranched alkanes of at least 4 members (excludes halogenated alkanes) is 3. The van der Waals surface area contributed by atoms with Crippen molar-refractivity contribution in [1.82, 2.24) is 13.7 Å². The third-order valence-corrected chi connectivity index (χ3v) is 27.6. The second-order valence-electron chi connectivity index (χ2n) is 37.5. The molecule has 3 heterocycles. The van der Waals surface area contributed by atoms with E-state index >= 15 is 0 Å². The minimum atomic E-state index is -3.24. The summed E-state index contributed by atoms with van der Waals surface area (Å²) in [5, 5.41) is 11.9. The molecule has 17 aromatic rings. The molecular formula is C120H123F4N3O6. The van der Waals surface area contributed by atoms with Crippen molar-refractivity contribution in [2.75, 3.05) is 6.61 Å². The van der Waals surface area contributed by atoms with Gasteiger partial charge >= 0.3 is 0 Å². The normalized spacial score (nSPS) is 12.9. The number of aromatic nitrogens is 3. The van der Waals surface area contributed by atoms with E-state index in [2.05, 4.69) is 174 Å². The van der Waals surface area contributed by atoms with Crippen LogP contribution in [0.3, 0.4) is 0 Å². The molecule has 4 unspecified atom stereocenters. The molecule has 0 aliphatic rings. The lowest BCUT2D eigenvalue weighted by Crippen LogP contribution is -2.35. The maximum atomic E-state index is 14.7. The van der Waals surface area contributed by atoms with Gasteiger partial charge in [-0.3, -0.25) is 24.0 Å². The van der Waals surface area contributed by atoms with Gasteiger partial charge in [-0.15, -0.1) is 0 Å². The van der Waals surface area contributed by atoms with E-state index < -0.39 is 24.5 Å². The number of halogens is 4. The van der Waals surface area contributed by atoms with E-state index in [9.17, 15) is 41.5 Å². The highest BCUT2D eigenvalue weighted by Crippen LogP contribution is 2.45. The Hall–Kier alpha value is -12.9. The van der Waals surface area contributed by atoms with Crippen molar-refractivity contribution in [3.05, 3.63) is 348 Å². The Kier molecular flexibility index (Phi) is 29.0. The summed E-state index contributed by atoms with van der Waals surface area (Å²) >= 11 is 0. The van der Waals surface area contributed by atoms with Gasteiger partial charge in [0.1, 0.15) is 18.2 Å². The van der Waals surface area contributed by atoms with Gasteiger partial charge in [-0.2, -0.15) is 0 Å². The van der Waals surface area contributed by atoms with E-state index in [-0.39, 0.29) is 45.8 Å². The number of para-hydroxylation sites is 2. The van der Waals surface area contributed by atoms with Gasteiger partial charge in [-0.25, -0.2) is 17.6 Å². The summed E-state index contributed by atoms with van der Waals surface area (Å²) < 4.78 is 68.4. The molecule has 0 saturated heterocycles. The maximum absolute atomic E-state index is 14.7. The molecule has 0 spiro atoms. The zero-order valence-corrected chi connectivity index (χ0v) is 79.9. The van der Waals surface area contributed by atoms with Gasteiger partial charge in [0.05, 0.1) is 27.7 Å². The van der Waals surface area contributed by atoms with Gasteiger partial charge in [-0.05, 0) is 241 Å². The van der Waals surface area contributed by atoms with Crippen LogP contribution in [-0.2, 0) is 19.6 Å². The monoisotopic (exact) mass is 1780 g/mol. The minimum Gasteiger partial charge on any atom is -0.489 e. The first-order chi connectivity index (χ1) is 64.0. The van der Waals surface area contributed by atoms with Crippen LogP contribution in [0.2, 0.25) is 0 Å². The second-order valence-corrected chi connectivity index (χ2v) is 37.5. The van der Waals surface area contributed by atoms with Crippen LogP contribution in [0.4, 0.5) is 17.6 Å². The number of ether oxygens (including phenoxy) is 1. The summed E-state index contributed by atoms with van der Waals surface area (Å²) in [6, 6.07) is 75.8. The number of carbonyl (C=O) groups is 5. The second kappa shape index (κ2) is 40.7. The van der Waals surface area contributed by atoms with E-state index in [1.807, 2.05) is 126 Å². The third-order valence-electron chi connectivity index (χ3n) is 27.6. The summed E-state index contributed by atoms with van der Waals surface area (Å²) in [6.45, 7) is 34.2. The van der Waals surface area contributed by atoms with Gasteiger partial charge in [0.2, 0.25) is 5.67 Å². The summed E-state index contributed by atoms with van der Waals surface area (Å²) in [5.74, 6) is 0.386. The lowest BCUT2D eigenvalue weighted by Gasteiger charge is -2.20. The fourth-order valence-corrected chi connectivity index (χ4v) is 20.8. The molecule has 0 aliphatic carbocycles. The average Bonchev–Trinajstić information content (AvgIpc) is 1.57. The zero-order chi connectivity index (χ0) is 94.5. The Bertz CT molecular complexity index is 7290. The first kappa shape index (κ1) is 94.8. The van der Waals surface area contributed by atoms with Crippen LogP contribution in [-0.4, -0.2) is 61.3 Å². The van der Waals surface area contributed by atoms with Crippen molar-refractivity contribution < 1.29 is 46.3 Å². The molecular weight excluding hydrogens is 1660 g/mol. The van der Waals surface area contributed by atoms with E-state index in [0.29, 0.717) is 45.6 Å². The molecule has 133 heavy (non-hydrogen) atoms. The largest absolute Gasteiger partial charge is 0.489 e. The smallest absolute Gasteiger partial charge is 0.275 e. The number of aryl methyl sites for hydroxylation is 9. The molecule has 0 N–H and O–H groups in total. The van der Waals surface area contributed by atoms with Crippen molar-refractivity contribution in [1.29, 1.82) is 0 Å². The van der Waals surface area contributed by atoms with Crippen LogP contribution in [0.15, 0.2) is 237 Å². The van der Waals surface area contributed by atoms with Gasteiger partial charge in [0.25, 0.3) is 6.43 Å². The molecule has 4 atom stereocenters. The minimum absolute atomic E-state index is 0.00281. The Morgan fingerprint density at radius 1 is 0.323 bits per heavy atom. The SMILES string of the molecule is CCCCC(CC)Cn1c2ccc(C(=O)c3ccccc3F)cc2c2cc(C(=O)c3c(C)cc(C)cc3C)c3ccccc3c21.CCCCC(CC)Cn1c2ccc(C(=O)c3ccccc3OCC(C)(F)C(F)F)cc2c2cc(C(=O)c3c(C)cc(C)cc3C)c3ccccc3c21.CCCCC(CC)Cn1c2ccccc2c2cc(C(=O)c3c(C)cc(C)cc3C)c3ccccc3c21. The van der Waals surface area contributed by atoms with Crippen molar-refractivity contribution >= 4 is 127 Å². The fraction of sp³-hybridized carbons (Fsp3) is 0.308. The first-order valence-corrected chi connectivity index (χ1v) is 47.8. The maximum Gasteiger partial charge on any atom is 0.275 e. The van der Waals surface area contributed by atoms with Crippen LogP contribution in [0.5, 0.6) is 5.75 Å². The van der Waals surface area contributed by atoms with Crippen molar-refractivity contribution in [3.8, 4) is 5.75 Å². The number of benzene rings is 14. The van der Waals surface area contributed by atoms with Crippen molar-refractivity contribution in [3.63, 3.8) is 0 Å². The van der Waals surface area contributed by atoms with E-state index in [1.165, 1.54) is 83.1 Å². The lowest BCUT2D eigenvalue weighted by atomic mass is 9.89. The highest BCUT2D eigenvalue weighted by Gasteiger charge is 2.37. The molecule has 14 aromatic carbocycles. The molecule has 0 bridgehead atoms. The summed E-state index contributed by atoms with van der Waals surface area (Å²) in [5.41, 5.74) is 18.3. The molecule has 0 amide bonds. The summed E-state index contributed by atoms with van der Waals surface area (Å²) in [6.07, 6.45) is 10.5. The van der Waals surface area contributed by atoms with E-state index in [1.54, 1.807) is 36.4 Å². The van der Waals surface area contributed by atoms with Gasteiger partial charge in [-0.1, -0.05) is 268 Å². The highest BCUT2D eigenvalue weighted by atomic mass is 19.3. The van der Waals surface area contributed by atoms with Crippen LogP contribution < -0.4 is 4.74 Å². The molecule has 682 valence electrons. The number of rotatable bonds is 32. The molecule has 0 fully saturated rings. The standard InChI is InChI=1S/C45H46F3NO3.C41H40FNO2.C34H37NO/c1-7-9-14-30(8-2)25-49-38-20-19-31(42(50)34-17-12-13-18-39(34)52-26-45(6,48)44(46)47)23-35(38)36-24-37(32-15-10-11-16-33(32)41(36)49)43(51)40-28(4)21-27(3)22-29(40)5;1-6-8-13-28(7-2)24-43-37-19-18-29(40(44)32-16-11-12-17-36(32)42)22-33(37)34-23-35(30-14-9-10-15-31(30)39(34)43)41(45)38-26(4)20-25(3)21-27(38)5;1-6-8-13-25(7-2)21-35-31-17-12-11-15-27(31)29-20-30(26-14-9-10-16-28(26)33(29)35)34(36)32-23(4)18-22(3)19-24(32)5/h10-13,15-24,30,44H,7-9,14,25-26H2,1-6H3;9-12,14-23,28H,6-8,13,24H2,1-5H3;9-12,14-20,25H,6-8,13,21H2,1-5H3. The lowest BCUT2D eigenvalue weighted by molar-refractivity contribution is -0.0483. The third kappa shape index (κ3) is 19.0. The number of fused-ring (bicyclic) bond motifs is 15. The van der Waals surface area contributed by atoms with E-state index in [4.69, 9.17) is 4.74 Å². The number of nitrogens with zero attached hydrogens (tertiary/aromatic N) is 3. The summed E-state index contributed by atoms with van der Waals surface area (Å²) in [7, 11) is 0. The van der Waals surface area contributed by atoms with Crippen molar-refractivity contribution in [2.45, 2.75) is 220 Å². The molecule has 0 saturated carbocycles. The molecule has 0 radical (unpaired) electrons. The number of hydrogen-bond donors (Lipinski definition) is 0. The molecule has 3 aromatic heterocycles. The van der Waals surface area contributed by atoms with Crippen LogP contribution in [0.1, 0.15) is 255 Å². The Morgan fingerprint density at radius 3 is 0.970 bits per heavy atom. The quantitative estimate of drug-likeness (QED) is 0.0307. The van der Waals surface area contributed by atoms with Crippen LogP contribution >= 0.6 is 0 Å². The molecule has 9 nitrogen and oxygen atoms in total. The highest BCUT2D eigenvalue weighted by molar-refractivity contribution is 6.30. The fourth-order valence-electron chi connectivity index (χ4n) is 20.8. The summed E-state index contributed by atoms with van der Waals surface area (Å²) in [4.78, 5) is 70.9. The molecule has 0 aliphatic heterocycles. The number of alkyl halides is 3. The van der Waals surface area contributed by atoms with Gasteiger partial charge < -0.3 is 18.4 Å². The Morgan fingerprint density at radius 2 is 0.624 bits per heavy atom. The van der Waals surface area contributed by atoms with Crippen LogP contribution in [0.25, 0.3) is 97.7 Å². The van der Waals surface area contributed by atoms with Crippen LogP contribution in [0, 0.1) is 85.9 Å². The predicted molar refractivity (Wildman–Crippen MR) is 544 cm³/mol. The van der Waals surface area contributed by atoms with Gasteiger partial charge in [0, 0.05) is 129 Å². The predicted octanol–water partition coefficient (Wildman–Crippen LogP) is 31.9. The van der Waals surface area contributed by atoms with Crippen molar-refractivity contribution in [2.24, 2.45) is 17.8 Å². The average molecular weight is 1780 g/mol. The van der Waals surface area contributed by atoms with E-state index in [0.717, 1.165) is 203 Å². The molecule has 17 rings (SSSR count). The Labute approximate surface area is 779 Å². The molecule has 13 heteroatoms. The Balaban J connectivity index is 0.000000155. The number of carbonyl (C=O) groups excluding carboxylic acids is 5. The number of ketones is 5. The number of hydrogen-bond acceptors (Lipinski definition) is 6. The topological polar surface area (TPSA) is 109 Å².